The minimum absolute atomic E-state index is 0.677. The summed E-state index contributed by atoms with van der Waals surface area (Å²) in [6, 6.07) is 3.96. The van der Waals surface area contributed by atoms with Crippen LogP contribution in [-0.4, -0.2) is 30.1 Å². The zero-order valence-electron chi connectivity index (χ0n) is 9.61. The van der Waals surface area contributed by atoms with Crippen LogP contribution in [0.25, 0.3) is 0 Å². The van der Waals surface area contributed by atoms with Crippen LogP contribution in [-0.2, 0) is 6.54 Å². The van der Waals surface area contributed by atoms with Gasteiger partial charge in [-0.1, -0.05) is 6.07 Å². The second-order valence-electron chi connectivity index (χ2n) is 4.07. The molecule has 1 fully saturated rings. The number of ether oxygens (including phenoxy) is 1. The highest BCUT2D eigenvalue weighted by Gasteiger charge is 2.14. The molecule has 88 valence electrons. The van der Waals surface area contributed by atoms with Crippen molar-refractivity contribution in [2.24, 2.45) is 5.92 Å². The van der Waals surface area contributed by atoms with Gasteiger partial charge >= 0.3 is 0 Å². The second kappa shape index (κ2) is 6.11. The van der Waals surface area contributed by atoms with Crippen molar-refractivity contribution < 1.29 is 4.74 Å². The van der Waals surface area contributed by atoms with Crippen molar-refractivity contribution in [3.05, 3.63) is 23.9 Å². The van der Waals surface area contributed by atoms with E-state index in [0.717, 1.165) is 19.0 Å². The summed E-state index contributed by atoms with van der Waals surface area (Å²) >= 11 is 2.06. The Balaban J connectivity index is 1.71. The molecular formula is C12H18N2OS. The fourth-order valence-electron chi connectivity index (χ4n) is 1.80. The van der Waals surface area contributed by atoms with Crippen LogP contribution in [0.3, 0.4) is 0 Å². The first kappa shape index (κ1) is 11.7. The molecule has 0 spiro atoms. The summed E-state index contributed by atoms with van der Waals surface area (Å²) in [6.07, 6.45) is 3.23. The highest BCUT2D eigenvalue weighted by atomic mass is 32.2. The number of nitrogens with one attached hydrogen (secondary N) is 1. The Morgan fingerprint density at radius 2 is 2.50 bits per heavy atom. The van der Waals surface area contributed by atoms with E-state index in [2.05, 4.69) is 28.1 Å². The van der Waals surface area contributed by atoms with E-state index in [0.29, 0.717) is 5.88 Å². The molecule has 0 aliphatic carbocycles. The summed E-state index contributed by atoms with van der Waals surface area (Å²) in [5, 5.41) is 3.49. The van der Waals surface area contributed by atoms with Crippen molar-refractivity contribution in [2.45, 2.75) is 13.0 Å². The number of thioether (sulfide) groups is 1. The molecule has 1 N–H and O–H groups in total. The van der Waals surface area contributed by atoms with Gasteiger partial charge in [-0.2, -0.15) is 11.8 Å². The van der Waals surface area contributed by atoms with Crippen molar-refractivity contribution in [1.82, 2.24) is 10.3 Å². The van der Waals surface area contributed by atoms with Gasteiger partial charge in [0.1, 0.15) is 0 Å². The highest BCUT2D eigenvalue weighted by molar-refractivity contribution is 7.99. The van der Waals surface area contributed by atoms with Gasteiger partial charge in [-0.05, 0) is 36.0 Å². The molecule has 0 radical (unpaired) electrons. The zero-order valence-corrected chi connectivity index (χ0v) is 10.4. The Morgan fingerprint density at radius 1 is 1.56 bits per heavy atom. The fraction of sp³-hybridized carbons (Fsp3) is 0.583. The molecule has 1 aliphatic rings. The molecule has 2 rings (SSSR count). The van der Waals surface area contributed by atoms with Crippen molar-refractivity contribution >= 4 is 11.8 Å². The molecule has 1 aromatic rings. The first-order valence-electron chi connectivity index (χ1n) is 5.66. The summed E-state index contributed by atoms with van der Waals surface area (Å²) in [4.78, 5) is 4.18. The lowest BCUT2D eigenvalue weighted by Gasteiger charge is -2.09. The van der Waals surface area contributed by atoms with Crippen LogP contribution in [0.1, 0.15) is 12.0 Å². The number of hydrogen-bond donors (Lipinski definition) is 1. The number of rotatable bonds is 5. The van der Waals surface area contributed by atoms with Gasteiger partial charge in [0.25, 0.3) is 0 Å². The van der Waals surface area contributed by atoms with E-state index < -0.39 is 0 Å². The lowest BCUT2D eigenvalue weighted by molar-refractivity contribution is 0.397. The van der Waals surface area contributed by atoms with E-state index >= 15 is 0 Å². The van der Waals surface area contributed by atoms with E-state index in [9.17, 15) is 0 Å². The average Bonchev–Trinajstić information content (AvgIpc) is 2.83. The van der Waals surface area contributed by atoms with E-state index in [4.69, 9.17) is 4.74 Å². The van der Waals surface area contributed by atoms with Gasteiger partial charge in [0.05, 0.1) is 7.11 Å². The van der Waals surface area contributed by atoms with Gasteiger partial charge < -0.3 is 10.1 Å². The standard InChI is InChI=1S/C12H18N2OS/c1-15-12-3-2-10(8-14-12)6-13-7-11-4-5-16-9-11/h2-3,8,11,13H,4-7,9H2,1H3. The van der Waals surface area contributed by atoms with E-state index in [1.165, 1.54) is 23.5 Å². The van der Waals surface area contributed by atoms with Crippen molar-refractivity contribution in [1.29, 1.82) is 0 Å². The van der Waals surface area contributed by atoms with Crippen molar-refractivity contribution in [3.8, 4) is 5.88 Å². The Kier molecular flexibility index (Phi) is 4.48. The molecular weight excluding hydrogens is 220 g/mol. The monoisotopic (exact) mass is 238 g/mol. The first-order valence-corrected chi connectivity index (χ1v) is 6.81. The van der Waals surface area contributed by atoms with Crippen LogP contribution in [0.5, 0.6) is 5.88 Å². The Morgan fingerprint density at radius 3 is 3.12 bits per heavy atom. The SMILES string of the molecule is COc1ccc(CNCC2CCSC2)cn1. The molecule has 1 unspecified atom stereocenters. The normalized spacial score (nSPS) is 19.9. The minimum Gasteiger partial charge on any atom is -0.481 e. The minimum atomic E-state index is 0.677. The third-order valence-electron chi connectivity index (χ3n) is 2.79. The van der Waals surface area contributed by atoms with Gasteiger partial charge in [0.2, 0.25) is 5.88 Å². The lowest BCUT2D eigenvalue weighted by atomic mass is 10.1. The highest BCUT2D eigenvalue weighted by Crippen LogP contribution is 2.22. The van der Waals surface area contributed by atoms with Crippen molar-refractivity contribution in [3.63, 3.8) is 0 Å². The molecule has 0 saturated carbocycles. The third-order valence-corrected chi connectivity index (χ3v) is 4.02. The number of hydrogen-bond acceptors (Lipinski definition) is 4. The molecule has 1 aliphatic heterocycles. The number of pyridine rings is 1. The largest absolute Gasteiger partial charge is 0.481 e. The molecule has 0 amide bonds. The average molecular weight is 238 g/mol. The third kappa shape index (κ3) is 3.39. The zero-order chi connectivity index (χ0) is 11.2. The molecule has 1 aromatic heterocycles. The number of nitrogens with zero attached hydrogens (tertiary/aromatic N) is 1. The second-order valence-corrected chi connectivity index (χ2v) is 5.22. The smallest absolute Gasteiger partial charge is 0.212 e. The van der Waals surface area contributed by atoms with E-state index in [-0.39, 0.29) is 0 Å². The molecule has 3 nitrogen and oxygen atoms in total. The van der Waals surface area contributed by atoms with Crippen LogP contribution in [0.15, 0.2) is 18.3 Å². The Bertz CT molecular complexity index is 309. The summed E-state index contributed by atoms with van der Waals surface area (Å²) in [5.41, 5.74) is 1.21. The predicted molar refractivity (Wildman–Crippen MR) is 67.9 cm³/mol. The van der Waals surface area contributed by atoms with E-state index in [1.807, 2.05) is 12.3 Å². The van der Waals surface area contributed by atoms with E-state index in [1.54, 1.807) is 7.11 Å². The Hall–Kier alpha value is -0.740. The Labute approximate surface area is 101 Å². The molecule has 0 aromatic carbocycles. The summed E-state index contributed by atoms with van der Waals surface area (Å²) in [7, 11) is 1.64. The summed E-state index contributed by atoms with van der Waals surface area (Å²) < 4.78 is 5.02. The fourth-order valence-corrected chi connectivity index (χ4v) is 3.09. The van der Waals surface area contributed by atoms with Gasteiger partial charge in [-0.3, -0.25) is 0 Å². The van der Waals surface area contributed by atoms with Gasteiger partial charge in [-0.15, -0.1) is 0 Å². The van der Waals surface area contributed by atoms with Crippen LogP contribution in [0.2, 0.25) is 0 Å². The number of methoxy groups -OCH3 is 1. The molecule has 16 heavy (non-hydrogen) atoms. The van der Waals surface area contributed by atoms with Crippen LogP contribution in [0.4, 0.5) is 0 Å². The predicted octanol–water partition coefficient (Wildman–Crippen LogP) is 1.93. The van der Waals surface area contributed by atoms with Gasteiger partial charge in [0, 0.05) is 18.8 Å². The molecule has 4 heteroatoms. The quantitative estimate of drug-likeness (QED) is 0.850. The molecule has 2 heterocycles. The molecule has 1 atom stereocenters. The van der Waals surface area contributed by atoms with Crippen LogP contribution >= 0.6 is 11.8 Å². The maximum absolute atomic E-state index is 5.02. The number of aromatic nitrogens is 1. The van der Waals surface area contributed by atoms with Gasteiger partial charge in [0.15, 0.2) is 0 Å². The van der Waals surface area contributed by atoms with Gasteiger partial charge in [-0.25, -0.2) is 4.98 Å². The maximum atomic E-state index is 5.02. The first-order chi connectivity index (χ1) is 7.88. The van der Waals surface area contributed by atoms with Crippen molar-refractivity contribution in [2.75, 3.05) is 25.2 Å². The molecule has 1 saturated heterocycles. The molecule has 0 bridgehead atoms. The lowest BCUT2D eigenvalue weighted by Crippen LogP contribution is -2.22. The van der Waals surface area contributed by atoms with Crippen LogP contribution < -0.4 is 10.1 Å². The summed E-state index contributed by atoms with van der Waals surface area (Å²) in [6.45, 7) is 2.02. The summed E-state index contributed by atoms with van der Waals surface area (Å²) in [5.74, 6) is 4.18. The topological polar surface area (TPSA) is 34.1 Å². The maximum Gasteiger partial charge on any atom is 0.212 e. The van der Waals surface area contributed by atoms with Crippen LogP contribution in [0, 0.1) is 5.92 Å².